The molecule has 1 aromatic carbocycles. The Morgan fingerprint density at radius 2 is 1.89 bits per heavy atom. The quantitative estimate of drug-likeness (QED) is 0.687. The molecular formula is C18H18F4N2O3. The number of alkyl halides is 3. The molecule has 0 fully saturated rings. The van der Waals surface area contributed by atoms with Crippen LogP contribution in [0.15, 0.2) is 42.7 Å². The minimum absolute atomic E-state index is 0.0309. The summed E-state index contributed by atoms with van der Waals surface area (Å²) in [6.45, 7) is 2.52. The molecule has 1 aromatic heterocycles. The summed E-state index contributed by atoms with van der Waals surface area (Å²) in [5, 5.41) is 22.2. The van der Waals surface area contributed by atoms with E-state index in [9.17, 15) is 32.6 Å². The Labute approximate surface area is 152 Å². The molecule has 1 amide bonds. The van der Waals surface area contributed by atoms with E-state index in [1.165, 1.54) is 32.2 Å². The summed E-state index contributed by atoms with van der Waals surface area (Å²) < 4.78 is 54.4. The fourth-order valence-corrected chi connectivity index (χ4v) is 2.77. The molecule has 1 unspecified atom stereocenters. The zero-order chi connectivity index (χ0) is 20.5. The van der Waals surface area contributed by atoms with Gasteiger partial charge in [-0.3, -0.25) is 9.78 Å². The van der Waals surface area contributed by atoms with Gasteiger partial charge < -0.3 is 15.5 Å². The number of rotatable bonds is 5. The topological polar surface area (TPSA) is 82.5 Å². The number of benzene rings is 1. The number of phenolic OH excluding ortho intramolecular Hbond substituents is 1. The van der Waals surface area contributed by atoms with E-state index >= 15 is 0 Å². The molecule has 146 valence electrons. The van der Waals surface area contributed by atoms with Gasteiger partial charge in [-0.25, -0.2) is 4.39 Å². The lowest BCUT2D eigenvalue weighted by molar-refractivity contribution is -0.254. The van der Waals surface area contributed by atoms with Crippen molar-refractivity contribution in [1.82, 2.24) is 4.98 Å². The Morgan fingerprint density at radius 1 is 1.22 bits per heavy atom. The van der Waals surface area contributed by atoms with Crippen molar-refractivity contribution < 1.29 is 32.6 Å². The summed E-state index contributed by atoms with van der Waals surface area (Å²) in [6, 6.07) is 5.52. The summed E-state index contributed by atoms with van der Waals surface area (Å²) in [4.78, 5) is 16.0. The number of hydrogen-bond acceptors (Lipinski definition) is 4. The SMILES string of the molecule is CC(C)(CC(O)(C(=O)Nc1cccnc1)C(F)(F)F)c1cc(F)ccc1O. The fourth-order valence-electron chi connectivity index (χ4n) is 2.77. The highest BCUT2D eigenvalue weighted by molar-refractivity contribution is 5.97. The molecule has 9 heteroatoms. The number of aromatic nitrogens is 1. The van der Waals surface area contributed by atoms with E-state index in [0.29, 0.717) is 0 Å². The largest absolute Gasteiger partial charge is 0.508 e. The highest BCUT2D eigenvalue weighted by Gasteiger charge is 2.61. The van der Waals surface area contributed by atoms with Gasteiger partial charge in [0, 0.05) is 18.2 Å². The normalized spacial score (nSPS) is 14.5. The van der Waals surface area contributed by atoms with Crippen molar-refractivity contribution in [2.75, 3.05) is 5.32 Å². The van der Waals surface area contributed by atoms with Crippen LogP contribution in [0.4, 0.5) is 23.2 Å². The molecule has 0 aliphatic rings. The van der Waals surface area contributed by atoms with Crippen molar-refractivity contribution in [2.24, 2.45) is 0 Å². The van der Waals surface area contributed by atoms with Crippen molar-refractivity contribution in [3.8, 4) is 5.75 Å². The first-order valence-electron chi connectivity index (χ1n) is 7.86. The number of anilines is 1. The Hall–Kier alpha value is -2.68. The van der Waals surface area contributed by atoms with Crippen LogP contribution in [0.1, 0.15) is 25.8 Å². The fraction of sp³-hybridized carbons (Fsp3) is 0.333. The number of phenols is 1. The standard InChI is InChI=1S/C18H18F4N2O3/c1-16(2,13-8-11(19)5-6-14(13)25)10-17(27,18(20,21)22)15(26)24-12-4-3-7-23-9-12/h3-9,25,27H,10H2,1-2H3,(H,24,26). The van der Waals surface area contributed by atoms with E-state index in [4.69, 9.17) is 0 Å². The molecule has 27 heavy (non-hydrogen) atoms. The maximum Gasteiger partial charge on any atom is 0.426 e. The smallest absolute Gasteiger partial charge is 0.426 e. The van der Waals surface area contributed by atoms with Crippen molar-refractivity contribution >= 4 is 11.6 Å². The highest BCUT2D eigenvalue weighted by atomic mass is 19.4. The lowest BCUT2D eigenvalue weighted by atomic mass is 9.74. The average Bonchev–Trinajstić information content (AvgIpc) is 2.56. The third-order valence-corrected chi connectivity index (χ3v) is 4.15. The zero-order valence-electron chi connectivity index (χ0n) is 14.5. The number of carbonyl (C=O) groups excluding carboxylic acids is 1. The van der Waals surface area contributed by atoms with Crippen molar-refractivity contribution in [3.05, 3.63) is 54.1 Å². The maximum atomic E-state index is 13.6. The summed E-state index contributed by atoms with van der Waals surface area (Å²) in [7, 11) is 0. The number of carbonyl (C=O) groups is 1. The first-order valence-corrected chi connectivity index (χ1v) is 7.86. The van der Waals surface area contributed by atoms with E-state index < -0.39 is 41.1 Å². The Bertz CT molecular complexity index is 825. The summed E-state index contributed by atoms with van der Waals surface area (Å²) in [5.41, 5.74) is -5.58. The third-order valence-electron chi connectivity index (χ3n) is 4.15. The lowest BCUT2D eigenvalue weighted by Crippen LogP contribution is -2.57. The second-order valence-corrected chi connectivity index (χ2v) is 6.78. The van der Waals surface area contributed by atoms with Gasteiger partial charge in [0.2, 0.25) is 5.60 Å². The van der Waals surface area contributed by atoms with Crippen molar-refractivity contribution in [2.45, 2.75) is 37.5 Å². The van der Waals surface area contributed by atoms with E-state index in [-0.39, 0.29) is 11.3 Å². The molecule has 0 saturated heterocycles. The summed E-state index contributed by atoms with van der Waals surface area (Å²) in [5.74, 6) is -2.92. The van der Waals surface area contributed by atoms with Crippen LogP contribution in [-0.2, 0) is 10.2 Å². The second-order valence-electron chi connectivity index (χ2n) is 6.78. The van der Waals surface area contributed by atoms with E-state index in [0.717, 1.165) is 24.4 Å². The second kappa shape index (κ2) is 7.15. The first-order chi connectivity index (χ1) is 12.4. The van der Waals surface area contributed by atoms with Crippen molar-refractivity contribution in [3.63, 3.8) is 0 Å². The molecule has 3 N–H and O–H groups in total. The molecule has 1 heterocycles. The lowest BCUT2D eigenvalue weighted by Gasteiger charge is -2.36. The maximum absolute atomic E-state index is 13.6. The molecule has 5 nitrogen and oxygen atoms in total. The van der Waals surface area contributed by atoms with E-state index in [2.05, 4.69) is 4.98 Å². The van der Waals surface area contributed by atoms with Gasteiger partial charge >= 0.3 is 6.18 Å². The number of nitrogens with one attached hydrogen (secondary N) is 1. The molecule has 0 radical (unpaired) electrons. The van der Waals surface area contributed by atoms with Crippen LogP contribution in [-0.4, -0.2) is 32.9 Å². The minimum Gasteiger partial charge on any atom is -0.508 e. The van der Waals surface area contributed by atoms with Gasteiger partial charge in [-0.1, -0.05) is 13.8 Å². The number of amides is 1. The monoisotopic (exact) mass is 386 g/mol. The van der Waals surface area contributed by atoms with Crippen LogP contribution in [0.25, 0.3) is 0 Å². The number of aliphatic hydroxyl groups is 1. The minimum atomic E-state index is -5.32. The van der Waals surface area contributed by atoms with Gasteiger partial charge in [0.25, 0.3) is 5.91 Å². The number of hydrogen-bond donors (Lipinski definition) is 3. The predicted molar refractivity (Wildman–Crippen MR) is 89.6 cm³/mol. The van der Waals surface area contributed by atoms with Gasteiger partial charge in [0.15, 0.2) is 0 Å². The van der Waals surface area contributed by atoms with Gasteiger partial charge in [0.1, 0.15) is 11.6 Å². The molecule has 0 aliphatic heterocycles. The number of halogens is 4. The Morgan fingerprint density at radius 3 is 2.44 bits per heavy atom. The van der Waals surface area contributed by atoms with Crippen LogP contribution in [0.3, 0.4) is 0 Å². The molecule has 1 atom stereocenters. The van der Waals surface area contributed by atoms with Crippen LogP contribution in [0.5, 0.6) is 5.75 Å². The van der Waals surface area contributed by atoms with Crippen molar-refractivity contribution in [1.29, 1.82) is 0 Å². The molecule has 0 spiro atoms. The Balaban J connectivity index is 2.41. The van der Waals surface area contributed by atoms with Gasteiger partial charge in [0.05, 0.1) is 11.9 Å². The van der Waals surface area contributed by atoms with Crippen LogP contribution < -0.4 is 5.32 Å². The van der Waals surface area contributed by atoms with Crippen LogP contribution >= 0.6 is 0 Å². The summed E-state index contributed by atoms with van der Waals surface area (Å²) in [6.07, 6.45) is -3.98. The number of aromatic hydroxyl groups is 1. The van der Waals surface area contributed by atoms with Crippen LogP contribution in [0, 0.1) is 5.82 Å². The third kappa shape index (κ3) is 4.36. The Kier molecular flexibility index (Phi) is 5.46. The zero-order valence-corrected chi connectivity index (χ0v) is 14.5. The molecular weight excluding hydrogens is 368 g/mol. The first kappa shape index (κ1) is 20.6. The van der Waals surface area contributed by atoms with E-state index in [1.807, 2.05) is 5.32 Å². The highest BCUT2D eigenvalue weighted by Crippen LogP contribution is 2.44. The molecule has 0 saturated carbocycles. The molecule has 0 aliphatic carbocycles. The molecule has 2 rings (SSSR count). The van der Waals surface area contributed by atoms with Gasteiger partial charge in [-0.15, -0.1) is 0 Å². The van der Waals surface area contributed by atoms with Gasteiger partial charge in [-0.2, -0.15) is 13.2 Å². The van der Waals surface area contributed by atoms with Gasteiger partial charge in [-0.05, 0) is 35.7 Å². The van der Waals surface area contributed by atoms with E-state index in [1.54, 1.807) is 0 Å². The number of pyridine rings is 1. The summed E-state index contributed by atoms with van der Waals surface area (Å²) >= 11 is 0. The van der Waals surface area contributed by atoms with Crippen LogP contribution in [0.2, 0.25) is 0 Å². The average molecular weight is 386 g/mol. The predicted octanol–water partition coefficient (Wildman–Crippen LogP) is 3.53. The molecule has 2 aromatic rings. The number of nitrogens with zero attached hydrogens (tertiary/aromatic N) is 1. The molecule has 0 bridgehead atoms.